The highest BCUT2D eigenvalue weighted by Gasteiger charge is 2.41. The minimum atomic E-state index is -0.335. The maximum atomic E-state index is 13.3. The lowest BCUT2D eigenvalue weighted by molar-refractivity contribution is -0.119. The number of nitrogens with zero attached hydrogens (tertiary/aromatic N) is 1. The Kier molecular flexibility index (Phi) is 6.41. The smallest absolute Gasteiger partial charge is 0.272 e. The fourth-order valence-electron chi connectivity index (χ4n) is 2.99. The van der Waals surface area contributed by atoms with Crippen molar-refractivity contribution in [1.82, 2.24) is 0 Å². The van der Waals surface area contributed by atoms with Crippen molar-refractivity contribution in [3.05, 3.63) is 59.0 Å². The molecule has 2 aromatic carbocycles. The van der Waals surface area contributed by atoms with Gasteiger partial charge in [-0.05, 0) is 42.0 Å². The van der Waals surface area contributed by atoms with Gasteiger partial charge in [0.15, 0.2) is 0 Å². The third-order valence-corrected chi connectivity index (χ3v) is 5.23. The molecule has 28 heavy (non-hydrogen) atoms. The Morgan fingerprint density at radius 3 is 2.32 bits per heavy atom. The van der Waals surface area contributed by atoms with Crippen LogP contribution in [0.4, 0.5) is 5.69 Å². The number of methoxy groups -OCH3 is 1. The van der Waals surface area contributed by atoms with Crippen molar-refractivity contribution >= 4 is 34.8 Å². The van der Waals surface area contributed by atoms with Crippen molar-refractivity contribution in [1.29, 1.82) is 0 Å². The van der Waals surface area contributed by atoms with Crippen molar-refractivity contribution in [2.75, 3.05) is 24.4 Å². The van der Waals surface area contributed by atoms with E-state index in [1.807, 2.05) is 19.9 Å². The molecule has 0 radical (unpaired) electrons. The van der Waals surface area contributed by atoms with Gasteiger partial charge in [0.1, 0.15) is 11.5 Å². The van der Waals surface area contributed by atoms with Crippen LogP contribution in [0.5, 0.6) is 11.5 Å². The molecule has 6 heteroatoms. The number of hydrogen-bond donors (Lipinski definition) is 0. The second kappa shape index (κ2) is 8.97. The molecule has 0 spiro atoms. The second-order valence-electron chi connectivity index (χ2n) is 6.13. The Hall–Kier alpha value is -2.73. The van der Waals surface area contributed by atoms with E-state index in [-0.39, 0.29) is 11.8 Å². The molecule has 1 aliphatic heterocycles. The number of anilines is 1. The lowest BCUT2D eigenvalue weighted by Gasteiger charge is -2.19. The number of amides is 2. The van der Waals surface area contributed by atoms with Crippen LogP contribution in [0.1, 0.15) is 25.8 Å². The van der Waals surface area contributed by atoms with Crippen LogP contribution in [0, 0.1) is 0 Å². The number of carbonyl (C=O) groups excluding carboxylic acids is 2. The Balaban J connectivity index is 2.04. The molecule has 0 aromatic heterocycles. The zero-order chi connectivity index (χ0) is 20.1. The molecular formula is C22H23NO4S. The summed E-state index contributed by atoms with van der Waals surface area (Å²) in [5.74, 6) is 1.27. The van der Waals surface area contributed by atoms with Gasteiger partial charge in [0.05, 0.1) is 29.9 Å². The standard InChI is InChI=1S/C22H23NO4S/c1-4-14-27-18-9-7-6-8-17(18)23-21(24)19(20(22(23)25)28-5-2)15-10-12-16(26-3)13-11-15/h6-13H,4-5,14H2,1-3H3. The van der Waals surface area contributed by atoms with Crippen LogP contribution < -0.4 is 14.4 Å². The summed E-state index contributed by atoms with van der Waals surface area (Å²) in [6.45, 7) is 4.48. The summed E-state index contributed by atoms with van der Waals surface area (Å²) in [7, 11) is 1.59. The molecule has 146 valence electrons. The number of ether oxygens (including phenoxy) is 2. The molecule has 2 amide bonds. The van der Waals surface area contributed by atoms with Crippen molar-refractivity contribution in [2.45, 2.75) is 20.3 Å². The van der Waals surface area contributed by atoms with E-state index in [1.54, 1.807) is 49.6 Å². The Morgan fingerprint density at radius 2 is 1.68 bits per heavy atom. The van der Waals surface area contributed by atoms with Gasteiger partial charge in [-0.15, -0.1) is 11.8 Å². The summed E-state index contributed by atoms with van der Waals surface area (Å²) in [6, 6.07) is 14.3. The molecule has 0 aliphatic carbocycles. The number of hydrogen-bond acceptors (Lipinski definition) is 5. The van der Waals surface area contributed by atoms with E-state index in [9.17, 15) is 9.59 Å². The van der Waals surface area contributed by atoms with E-state index >= 15 is 0 Å². The first kappa shape index (κ1) is 20.0. The molecule has 3 rings (SSSR count). The van der Waals surface area contributed by atoms with Gasteiger partial charge in [0.2, 0.25) is 0 Å². The average molecular weight is 397 g/mol. The van der Waals surface area contributed by atoms with Crippen molar-refractivity contribution in [3.63, 3.8) is 0 Å². The van der Waals surface area contributed by atoms with E-state index < -0.39 is 0 Å². The van der Waals surface area contributed by atoms with E-state index in [4.69, 9.17) is 9.47 Å². The molecule has 0 bridgehead atoms. The zero-order valence-electron chi connectivity index (χ0n) is 16.2. The van der Waals surface area contributed by atoms with Gasteiger partial charge >= 0.3 is 0 Å². The summed E-state index contributed by atoms with van der Waals surface area (Å²) in [6.07, 6.45) is 0.836. The molecular weight excluding hydrogens is 374 g/mol. The number of carbonyl (C=O) groups is 2. The monoisotopic (exact) mass is 397 g/mol. The largest absolute Gasteiger partial charge is 0.497 e. The van der Waals surface area contributed by atoms with Crippen molar-refractivity contribution in [3.8, 4) is 11.5 Å². The maximum absolute atomic E-state index is 13.3. The number of imide groups is 1. The minimum Gasteiger partial charge on any atom is -0.497 e. The molecule has 0 N–H and O–H groups in total. The first-order valence-corrected chi connectivity index (χ1v) is 10.2. The lowest BCUT2D eigenvalue weighted by atomic mass is 10.1. The third-order valence-electron chi connectivity index (χ3n) is 4.28. The quantitative estimate of drug-likeness (QED) is 0.613. The molecule has 0 atom stereocenters. The summed E-state index contributed by atoms with van der Waals surface area (Å²) in [5, 5.41) is 0. The summed E-state index contributed by atoms with van der Waals surface area (Å²) >= 11 is 1.38. The summed E-state index contributed by atoms with van der Waals surface area (Å²) < 4.78 is 11.0. The maximum Gasteiger partial charge on any atom is 0.272 e. The topological polar surface area (TPSA) is 55.8 Å². The highest BCUT2D eigenvalue weighted by molar-refractivity contribution is 8.04. The first-order chi connectivity index (χ1) is 13.6. The highest BCUT2D eigenvalue weighted by Crippen LogP contribution is 2.41. The molecule has 0 saturated carbocycles. The second-order valence-corrected chi connectivity index (χ2v) is 7.40. The van der Waals surface area contributed by atoms with Crippen molar-refractivity contribution in [2.24, 2.45) is 0 Å². The predicted octanol–water partition coefficient (Wildman–Crippen LogP) is 4.52. The fraction of sp³-hybridized carbons (Fsp3) is 0.273. The number of thioether (sulfide) groups is 1. The zero-order valence-corrected chi connectivity index (χ0v) is 17.0. The Bertz CT molecular complexity index is 905. The highest BCUT2D eigenvalue weighted by atomic mass is 32.2. The van der Waals surface area contributed by atoms with E-state index in [1.165, 1.54) is 16.7 Å². The number of rotatable bonds is 8. The van der Waals surface area contributed by atoms with Crippen LogP contribution in [0.25, 0.3) is 5.57 Å². The van der Waals surface area contributed by atoms with E-state index in [0.717, 1.165) is 6.42 Å². The normalized spacial score (nSPS) is 14.0. The number of para-hydroxylation sites is 2. The van der Waals surface area contributed by atoms with Gasteiger partial charge in [-0.1, -0.05) is 38.1 Å². The molecule has 0 unspecified atom stereocenters. The molecule has 0 fully saturated rings. The van der Waals surface area contributed by atoms with Crippen LogP contribution >= 0.6 is 11.8 Å². The van der Waals surface area contributed by atoms with Gasteiger partial charge in [-0.2, -0.15) is 0 Å². The van der Waals surface area contributed by atoms with Crippen LogP contribution in [0.3, 0.4) is 0 Å². The fourth-order valence-corrected chi connectivity index (χ4v) is 3.85. The van der Waals surface area contributed by atoms with Gasteiger partial charge in [0, 0.05) is 0 Å². The van der Waals surface area contributed by atoms with Crippen LogP contribution in [0.2, 0.25) is 0 Å². The average Bonchev–Trinajstić information content (AvgIpc) is 2.97. The Morgan fingerprint density at radius 1 is 0.964 bits per heavy atom. The number of benzene rings is 2. The predicted molar refractivity (Wildman–Crippen MR) is 113 cm³/mol. The molecule has 1 aliphatic rings. The summed E-state index contributed by atoms with van der Waals surface area (Å²) in [4.78, 5) is 28.2. The van der Waals surface area contributed by atoms with Crippen LogP contribution in [0.15, 0.2) is 53.4 Å². The SMILES string of the molecule is CCCOc1ccccc1N1C(=O)C(SCC)=C(c2ccc(OC)cc2)C1=O. The van der Waals surface area contributed by atoms with E-state index in [2.05, 4.69) is 0 Å². The van der Waals surface area contributed by atoms with Gasteiger partial charge in [-0.25, -0.2) is 4.90 Å². The van der Waals surface area contributed by atoms with Gasteiger partial charge < -0.3 is 9.47 Å². The van der Waals surface area contributed by atoms with Crippen LogP contribution in [-0.4, -0.2) is 31.3 Å². The molecule has 5 nitrogen and oxygen atoms in total. The lowest BCUT2D eigenvalue weighted by Crippen LogP contribution is -2.31. The van der Waals surface area contributed by atoms with Gasteiger partial charge in [0.25, 0.3) is 11.8 Å². The third kappa shape index (κ3) is 3.78. The van der Waals surface area contributed by atoms with Gasteiger partial charge in [-0.3, -0.25) is 9.59 Å². The van der Waals surface area contributed by atoms with E-state index in [0.29, 0.717) is 45.6 Å². The molecule has 2 aromatic rings. The minimum absolute atomic E-state index is 0.310. The Labute approximate surface area is 169 Å². The van der Waals surface area contributed by atoms with Crippen LogP contribution in [-0.2, 0) is 9.59 Å². The first-order valence-electron chi connectivity index (χ1n) is 9.24. The van der Waals surface area contributed by atoms with Crippen molar-refractivity contribution < 1.29 is 19.1 Å². The molecule has 1 heterocycles. The summed E-state index contributed by atoms with van der Waals surface area (Å²) in [5.41, 5.74) is 1.60. The molecule has 0 saturated heterocycles.